The molecule has 0 aliphatic heterocycles. The van der Waals surface area contributed by atoms with Crippen LogP contribution in [-0.4, -0.2) is 5.78 Å². The fourth-order valence-corrected chi connectivity index (χ4v) is 1.17. The van der Waals surface area contributed by atoms with Crippen LogP contribution in [-0.2, 0) is 11.2 Å². The standard InChI is InChI=1S/C11H11NO/c1-9(11(13)8-12)7-10-5-3-2-4-6-10/h2-6,9H,7H2,1H3. The van der Waals surface area contributed by atoms with Gasteiger partial charge < -0.3 is 0 Å². The van der Waals surface area contributed by atoms with Crippen molar-refractivity contribution in [3.05, 3.63) is 35.9 Å². The Hall–Kier alpha value is -1.62. The van der Waals surface area contributed by atoms with Gasteiger partial charge in [0.15, 0.2) is 0 Å². The molecule has 1 rings (SSSR count). The molecule has 0 saturated heterocycles. The Balaban J connectivity index is 2.61. The summed E-state index contributed by atoms with van der Waals surface area (Å²) in [6.07, 6.45) is 0.646. The number of benzene rings is 1. The number of nitrogens with zero attached hydrogens (tertiary/aromatic N) is 1. The zero-order chi connectivity index (χ0) is 9.68. The van der Waals surface area contributed by atoms with Gasteiger partial charge in [0.25, 0.3) is 0 Å². The van der Waals surface area contributed by atoms with Crippen molar-refractivity contribution in [3.63, 3.8) is 0 Å². The lowest BCUT2D eigenvalue weighted by Crippen LogP contribution is -2.10. The number of ketones is 1. The van der Waals surface area contributed by atoms with Crippen LogP contribution in [0.3, 0.4) is 0 Å². The first-order chi connectivity index (χ1) is 6.24. The van der Waals surface area contributed by atoms with E-state index in [4.69, 9.17) is 5.26 Å². The lowest BCUT2D eigenvalue weighted by atomic mass is 9.98. The van der Waals surface area contributed by atoms with E-state index in [1.54, 1.807) is 13.0 Å². The summed E-state index contributed by atoms with van der Waals surface area (Å²) in [5, 5.41) is 8.38. The Morgan fingerprint density at radius 2 is 2.08 bits per heavy atom. The molecule has 2 nitrogen and oxygen atoms in total. The topological polar surface area (TPSA) is 40.9 Å². The van der Waals surface area contributed by atoms with Crippen molar-refractivity contribution in [3.8, 4) is 6.07 Å². The molecule has 0 amide bonds. The van der Waals surface area contributed by atoms with Crippen LogP contribution in [0.2, 0.25) is 0 Å². The van der Waals surface area contributed by atoms with Gasteiger partial charge in [-0.2, -0.15) is 5.26 Å². The van der Waals surface area contributed by atoms with Gasteiger partial charge in [0, 0.05) is 5.92 Å². The Morgan fingerprint density at radius 1 is 1.46 bits per heavy atom. The van der Waals surface area contributed by atoms with Crippen LogP contribution >= 0.6 is 0 Å². The van der Waals surface area contributed by atoms with Crippen LogP contribution in [0, 0.1) is 17.2 Å². The fraction of sp³-hybridized carbons (Fsp3) is 0.273. The van der Waals surface area contributed by atoms with Crippen molar-refractivity contribution in [1.82, 2.24) is 0 Å². The van der Waals surface area contributed by atoms with Crippen LogP contribution in [0.5, 0.6) is 0 Å². The van der Waals surface area contributed by atoms with Gasteiger partial charge >= 0.3 is 0 Å². The molecule has 13 heavy (non-hydrogen) atoms. The SMILES string of the molecule is CC(Cc1ccccc1)C(=O)C#N. The molecule has 0 heterocycles. The summed E-state index contributed by atoms with van der Waals surface area (Å²) < 4.78 is 0. The van der Waals surface area contributed by atoms with Gasteiger partial charge in [-0.3, -0.25) is 4.79 Å². The predicted octanol–water partition coefficient (Wildman–Crippen LogP) is 1.96. The van der Waals surface area contributed by atoms with Gasteiger partial charge in [-0.25, -0.2) is 0 Å². The van der Waals surface area contributed by atoms with Gasteiger partial charge in [-0.05, 0) is 12.0 Å². The molecular formula is C11H11NO. The van der Waals surface area contributed by atoms with Gasteiger partial charge in [0.1, 0.15) is 6.07 Å². The molecule has 1 aromatic rings. The predicted molar refractivity (Wildman–Crippen MR) is 49.9 cm³/mol. The summed E-state index contributed by atoms with van der Waals surface area (Å²) in [7, 11) is 0. The van der Waals surface area contributed by atoms with Gasteiger partial charge in [0.2, 0.25) is 5.78 Å². The van der Waals surface area contributed by atoms with E-state index in [1.807, 2.05) is 30.3 Å². The number of nitriles is 1. The van der Waals surface area contributed by atoms with Gasteiger partial charge in [-0.15, -0.1) is 0 Å². The summed E-state index contributed by atoms with van der Waals surface area (Å²) in [4.78, 5) is 11.0. The summed E-state index contributed by atoms with van der Waals surface area (Å²) in [5.74, 6) is -0.545. The molecule has 0 fully saturated rings. The van der Waals surface area contributed by atoms with Gasteiger partial charge in [-0.1, -0.05) is 37.3 Å². The molecule has 0 radical (unpaired) electrons. The van der Waals surface area contributed by atoms with Crippen LogP contribution in [0.4, 0.5) is 0 Å². The maximum Gasteiger partial charge on any atom is 0.235 e. The molecule has 0 aliphatic carbocycles. The molecule has 0 spiro atoms. The van der Waals surface area contributed by atoms with Gasteiger partial charge in [0.05, 0.1) is 0 Å². The van der Waals surface area contributed by atoms with E-state index in [2.05, 4.69) is 0 Å². The molecule has 66 valence electrons. The molecule has 1 aromatic carbocycles. The Kier molecular flexibility index (Phi) is 3.22. The van der Waals surface area contributed by atoms with E-state index in [1.165, 1.54) is 0 Å². The highest BCUT2D eigenvalue weighted by atomic mass is 16.1. The van der Waals surface area contributed by atoms with E-state index < -0.39 is 0 Å². The number of carbonyl (C=O) groups excluding carboxylic acids is 1. The van der Waals surface area contributed by atoms with E-state index in [0.717, 1.165) is 5.56 Å². The van der Waals surface area contributed by atoms with E-state index in [0.29, 0.717) is 6.42 Å². The number of hydrogen-bond acceptors (Lipinski definition) is 2. The van der Waals surface area contributed by atoms with Crippen molar-refractivity contribution >= 4 is 5.78 Å². The lowest BCUT2D eigenvalue weighted by Gasteiger charge is -2.04. The molecule has 0 bridgehead atoms. The molecular weight excluding hydrogens is 162 g/mol. The third-order valence-corrected chi connectivity index (χ3v) is 1.94. The summed E-state index contributed by atoms with van der Waals surface area (Å²) >= 11 is 0. The number of Topliss-reactive ketones (excluding diaryl/α,β-unsaturated/α-hetero) is 1. The average Bonchev–Trinajstić information content (AvgIpc) is 2.18. The van der Waals surface area contributed by atoms with E-state index in [9.17, 15) is 4.79 Å². The maximum absolute atomic E-state index is 11.0. The minimum atomic E-state index is -0.344. The molecule has 1 unspecified atom stereocenters. The maximum atomic E-state index is 11.0. The molecule has 0 saturated carbocycles. The molecule has 2 heteroatoms. The molecule has 1 atom stereocenters. The van der Waals surface area contributed by atoms with Crippen LogP contribution in [0.15, 0.2) is 30.3 Å². The van der Waals surface area contributed by atoms with Crippen molar-refractivity contribution in [2.45, 2.75) is 13.3 Å². The van der Waals surface area contributed by atoms with Crippen LogP contribution in [0.25, 0.3) is 0 Å². The second-order valence-corrected chi connectivity index (χ2v) is 3.07. The smallest absolute Gasteiger partial charge is 0.235 e. The van der Waals surface area contributed by atoms with E-state index >= 15 is 0 Å². The van der Waals surface area contributed by atoms with Crippen LogP contribution in [0.1, 0.15) is 12.5 Å². The number of carbonyl (C=O) groups is 1. The fourth-order valence-electron chi connectivity index (χ4n) is 1.17. The number of hydrogen-bond donors (Lipinski definition) is 0. The van der Waals surface area contributed by atoms with Crippen LogP contribution < -0.4 is 0 Å². The highest BCUT2D eigenvalue weighted by molar-refractivity contribution is 5.95. The van der Waals surface area contributed by atoms with Crippen molar-refractivity contribution < 1.29 is 4.79 Å². The van der Waals surface area contributed by atoms with Crippen molar-refractivity contribution in [2.75, 3.05) is 0 Å². The summed E-state index contributed by atoms with van der Waals surface area (Å²) in [5.41, 5.74) is 1.10. The first kappa shape index (κ1) is 9.47. The molecule has 0 aliphatic rings. The zero-order valence-corrected chi connectivity index (χ0v) is 7.53. The monoisotopic (exact) mass is 173 g/mol. The molecule has 0 aromatic heterocycles. The van der Waals surface area contributed by atoms with Crippen molar-refractivity contribution in [2.24, 2.45) is 5.92 Å². The zero-order valence-electron chi connectivity index (χ0n) is 7.53. The van der Waals surface area contributed by atoms with Crippen molar-refractivity contribution in [1.29, 1.82) is 5.26 Å². The highest BCUT2D eigenvalue weighted by Gasteiger charge is 2.11. The summed E-state index contributed by atoms with van der Waals surface area (Å²) in [6.45, 7) is 1.78. The van der Waals surface area contributed by atoms with E-state index in [-0.39, 0.29) is 11.7 Å². The minimum absolute atomic E-state index is 0.201. The number of rotatable bonds is 3. The normalized spacial score (nSPS) is 11.7. The minimum Gasteiger partial charge on any atom is -0.282 e. The first-order valence-corrected chi connectivity index (χ1v) is 4.22. The second-order valence-electron chi connectivity index (χ2n) is 3.07. The quantitative estimate of drug-likeness (QED) is 0.655. The average molecular weight is 173 g/mol. The summed E-state index contributed by atoms with van der Waals surface area (Å²) in [6, 6.07) is 11.4. The Morgan fingerprint density at radius 3 is 2.62 bits per heavy atom. The highest BCUT2D eigenvalue weighted by Crippen LogP contribution is 2.08. The first-order valence-electron chi connectivity index (χ1n) is 4.22. The Bertz CT molecular complexity index is 324. The largest absolute Gasteiger partial charge is 0.282 e. The molecule has 0 N–H and O–H groups in total. The lowest BCUT2D eigenvalue weighted by molar-refractivity contribution is -0.117. The Labute approximate surface area is 77.8 Å². The second kappa shape index (κ2) is 4.42. The third-order valence-electron chi connectivity index (χ3n) is 1.94. The third kappa shape index (κ3) is 2.72.